The van der Waals surface area contributed by atoms with Crippen LogP contribution in [0.5, 0.6) is 0 Å². The van der Waals surface area contributed by atoms with Crippen LogP contribution in [0.25, 0.3) is 28.5 Å². The third-order valence-corrected chi connectivity index (χ3v) is 7.04. The lowest BCUT2D eigenvalue weighted by Gasteiger charge is -2.19. The first-order chi connectivity index (χ1) is 16.0. The van der Waals surface area contributed by atoms with Crippen molar-refractivity contribution in [1.82, 2.24) is 19.9 Å². The van der Waals surface area contributed by atoms with Crippen LogP contribution in [0.1, 0.15) is 43.6 Å². The third kappa shape index (κ3) is 4.68. The average Bonchev–Trinajstić information content (AvgIpc) is 3.39. The van der Waals surface area contributed by atoms with Crippen molar-refractivity contribution in [2.24, 2.45) is 5.92 Å². The van der Waals surface area contributed by atoms with Gasteiger partial charge >= 0.3 is 0 Å². The maximum absolute atomic E-state index is 6.55. The number of aromatic nitrogens is 4. The molecule has 0 unspecified atom stereocenters. The minimum absolute atomic E-state index is 0.484. The molecular formula is C25H23Cl3N4O. The molecule has 1 aliphatic carbocycles. The zero-order chi connectivity index (χ0) is 22.9. The number of halogens is 3. The van der Waals surface area contributed by atoms with E-state index < -0.39 is 0 Å². The SMILES string of the molecule is Cc1c(-c2noc(CC3CCCCC3)n2)nn(-c2ccc(Cl)cc2Cl)c1-c1ccc(Cl)cc1. The maximum Gasteiger partial charge on any atom is 0.227 e. The third-order valence-electron chi connectivity index (χ3n) is 6.25. The lowest BCUT2D eigenvalue weighted by molar-refractivity contribution is 0.305. The molecule has 2 aromatic carbocycles. The van der Waals surface area contributed by atoms with Gasteiger partial charge in [-0.25, -0.2) is 4.68 Å². The second-order valence-electron chi connectivity index (χ2n) is 8.56. The average molecular weight is 502 g/mol. The molecule has 5 rings (SSSR count). The molecule has 170 valence electrons. The van der Waals surface area contributed by atoms with Gasteiger partial charge in [-0.3, -0.25) is 0 Å². The van der Waals surface area contributed by atoms with E-state index in [0.29, 0.717) is 44.1 Å². The van der Waals surface area contributed by atoms with Crippen molar-refractivity contribution in [1.29, 1.82) is 0 Å². The van der Waals surface area contributed by atoms with Gasteiger partial charge in [0.2, 0.25) is 11.7 Å². The van der Waals surface area contributed by atoms with Crippen LogP contribution in [-0.4, -0.2) is 19.9 Å². The van der Waals surface area contributed by atoms with Crippen LogP contribution < -0.4 is 0 Å². The summed E-state index contributed by atoms with van der Waals surface area (Å²) in [4.78, 5) is 4.70. The van der Waals surface area contributed by atoms with E-state index in [2.05, 4.69) is 5.16 Å². The summed E-state index contributed by atoms with van der Waals surface area (Å²) in [6, 6.07) is 13.0. The van der Waals surface area contributed by atoms with Gasteiger partial charge in [-0.1, -0.05) is 71.4 Å². The Balaban J connectivity index is 1.58. The van der Waals surface area contributed by atoms with Crippen LogP contribution in [0, 0.1) is 12.8 Å². The van der Waals surface area contributed by atoms with E-state index in [1.807, 2.05) is 41.9 Å². The molecule has 1 saturated carbocycles. The Kier molecular flexibility index (Phi) is 6.46. The molecule has 0 saturated heterocycles. The van der Waals surface area contributed by atoms with Gasteiger partial charge in [0.1, 0.15) is 5.69 Å². The zero-order valence-corrected chi connectivity index (χ0v) is 20.5. The number of hydrogen-bond acceptors (Lipinski definition) is 4. The van der Waals surface area contributed by atoms with Crippen LogP contribution in [-0.2, 0) is 6.42 Å². The summed E-state index contributed by atoms with van der Waals surface area (Å²) in [6.45, 7) is 2.00. The highest BCUT2D eigenvalue weighted by Crippen LogP contribution is 2.36. The summed E-state index contributed by atoms with van der Waals surface area (Å²) >= 11 is 18.8. The quantitative estimate of drug-likeness (QED) is 0.278. The zero-order valence-electron chi connectivity index (χ0n) is 18.2. The fourth-order valence-corrected chi connectivity index (χ4v) is 5.17. The van der Waals surface area contributed by atoms with Crippen molar-refractivity contribution in [3.05, 3.63) is 69.0 Å². The second kappa shape index (κ2) is 9.49. The number of rotatable bonds is 5. The molecule has 0 bridgehead atoms. The molecule has 33 heavy (non-hydrogen) atoms. The molecule has 2 aromatic heterocycles. The predicted molar refractivity (Wildman–Crippen MR) is 132 cm³/mol. The van der Waals surface area contributed by atoms with E-state index in [4.69, 9.17) is 49.4 Å². The van der Waals surface area contributed by atoms with Crippen molar-refractivity contribution < 1.29 is 4.52 Å². The van der Waals surface area contributed by atoms with E-state index in [1.54, 1.807) is 12.1 Å². The summed E-state index contributed by atoms with van der Waals surface area (Å²) < 4.78 is 7.43. The molecule has 0 aliphatic heterocycles. The Hall–Kier alpha value is -2.34. The molecule has 5 nitrogen and oxygen atoms in total. The Labute approximate surface area is 207 Å². The van der Waals surface area contributed by atoms with Crippen LogP contribution in [0.3, 0.4) is 0 Å². The van der Waals surface area contributed by atoms with Gasteiger partial charge in [0.15, 0.2) is 0 Å². The predicted octanol–water partition coefficient (Wildman–Crippen LogP) is 7.98. The van der Waals surface area contributed by atoms with Gasteiger partial charge in [-0.05, 0) is 56.0 Å². The van der Waals surface area contributed by atoms with Gasteiger partial charge in [-0.15, -0.1) is 0 Å². The largest absolute Gasteiger partial charge is 0.339 e. The summed E-state index contributed by atoms with van der Waals surface area (Å²) in [5.74, 6) is 1.77. The van der Waals surface area contributed by atoms with Crippen molar-refractivity contribution in [3.8, 4) is 28.5 Å². The Morgan fingerprint density at radius 1 is 0.970 bits per heavy atom. The maximum atomic E-state index is 6.55. The first kappa shape index (κ1) is 22.5. The highest BCUT2D eigenvalue weighted by atomic mass is 35.5. The van der Waals surface area contributed by atoms with Gasteiger partial charge in [0.25, 0.3) is 0 Å². The van der Waals surface area contributed by atoms with Crippen molar-refractivity contribution in [3.63, 3.8) is 0 Å². The Morgan fingerprint density at radius 2 is 1.70 bits per heavy atom. The number of benzene rings is 2. The smallest absolute Gasteiger partial charge is 0.227 e. The molecular weight excluding hydrogens is 479 g/mol. The highest BCUT2D eigenvalue weighted by Gasteiger charge is 2.24. The first-order valence-corrected chi connectivity index (χ1v) is 12.3. The highest BCUT2D eigenvalue weighted by molar-refractivity contribution is 6.35. The van der Waals surface area contributed by atoms with Crippen molar-refractivity contribution >= 4 is 34.8 Å². The molecule has 0 atom stereocenters. The van der Waals surface area contributed by atoms with E-state index in [1.165, 1.54) is 32.1 Å². The number of hydrogen-bond donors (Lipinski definition) is 0. The van der Waals surface area contributed by atoms with Crippen LogP contribution in [0.2, 0.25) is 15.1 Å². The molecule has 2 heterocycles. The normalized spacial score (nSPS) is 14.7. The standard InChI is InChI=1S/C25H23Cl3N4O/c1-15-23(25-29-22(33-31-25)13-16-5-3-2-4-6-16)30-32(21-12-11-19(27)14-20(21)28)24(15)17-7-9-18(26)10-8-17/h7-12,14,16H,2-6,13H2,1H3. The van der Waals surface area contributed by atoms with E-state index in [0.717, 1.165) is 23.2 Å². The summed E-state index contributed by atoms with van der Waals surface area (Å²) in [5, 5.41) is 10.9. The molecule has 8 heteroatoms. The topological polar surface area (TPSA) is 56.7 Å². The lowest BCUT2D eigenvalue weighted by atomic mass is 9.87. The summed E-state index contributed by atoms with van der Waals surface area (Å²) in [7, 11) is 0. The van der Waals surface area contributed by atoms with Gasteiger partial charge < -0.3 is 4.52 Å². The monoisotopic (exact) mass is 500 g/mol. The summed E-state index contributed by atoms with van der Waals surface area (Å²) in [6.07, 6.45) is 7.15. The van der Waals surface area contributed by atoms with Gasteiger partial charge in [0.05, 0.1) is 16.4 Å². The van der Waals surface area contributed by atoms with Crippen LogP contribution in [0.15, 0.2) is 47.0 Å². The minimum Gasteiger partial charge on any atom is -0.339 e. The van der Waals surface area contributed by atoms with Crippen molar-refractivity contribution in [2.45, 2.75) is 45.4 Å². The van der Waals surface area contributed by atoms with E-state index in [9.17, 15) is 0 Å². The summed E-state index contributed by atoms with van der Waals surface area (Å²) in [5.41, 5.74) is 4.13. The Morgan fingerprint density at radius 3 is 2.42 bits per heavy atom. The number of nitrogens with zero attached hydrogens (tertiary/aromatic N) is 4. The van der Waals surface area contributed by atoms with E-state index >= 15 is 0 Å². The fourth-order valence-electron chi connectivity index (χ4n) is 4.55. The first-order valence-electron chi connectivity index (χ1n) is 11.1. The molecule has 4 aromatic rings. The molecule has 0 spiro atoms. The molecule has 1 aliphatic rings. The van der Waals surface area contributed by atoms with E-state index in [-0.39, 0.29) is 0 Å². The molecule has 0 N–H and O–H groups in total. The van der Waals surface area contributed by atoms with Crippen LogP contribution in [0.4, 0.5) is 0 Å². The second-order valence-corrected chi connectivity index (χ2v) is 9.84. The lowest BCUT2D eigenvalue weighted by Crippen LogP contribution is -2.09. The van der Waals surface area contributed by atoms with Crippen LogP contribution >= 0.6 is 34.8 Å². The molecule has 0 amide bonds. The van der Waals surface area contributed by atoms with Gasteiger partial charge in [-0.2, -0.15) is 10.1 Å². The minimum atomic E-state index is 0.484. The van der Waals surface area contributed by atoms with Gasteiger partial charge in [0, 0.05) is 27.6 Å². The fraction of sp³-hybridized carbons (Fsp3) is 0.320. The molecule has 1 fully saturated rings. The molecule has 0 radical (unpaired) electrons. The van der Waals surface area contributed by atoms with Crippen molar-refractivity contribution in [2.75, 3.05) is 0 Å². The Bertz CT molecular complexity index is 1270.